The number of hydrogen-bond donors (Lipinski definition) is 0. The zero-order valence-electron chi connectivity index (χ0n) is 9.72. The van der Waals surface area contributed by atoms with Crippen LogP contribution in [0.3, 0.4) is 0 Å². The van der Waals surface area contributed by atoms with Gasteiger partial charge >= 0.3 is 5.97 Å². The number of methoxy groups -OCH3 is 1. The maximum atomic E-state index is 11.0. The monoisotopic (exact) mass is 223 g/mol. The van der Waals surface area contributed by atoms with Crippen LogP contribution >= 0.6 is 0 Å². The summed E-state index contributed by atoms with van der Waals surface area (Å²) < 4.78 is 4.60. The lowest BCUT2D eigenvalue weighted by Crippen LogP contribution is -2.26. The van der Waals surface area contributed by atoms with Gasteiger partial charge < -0.3 is 4.74 Å². The molecule has 5 heteroatoms. The van der Waals surface area contributed by atoms with E-state index in [1.54, 1.807) is 18.6 Å². The summed E-state index contributed by atoms with van der Waals surface area (Å²) in [5.74, 6) is -0.183. The Morgan fingerprint density at radius 1 is 1.50 bits per heavy atom. The molecular formula is C11H17N3O2. The van der Waals surface area contributed by atoms with Gasteiger partial charge in [-0.05, 0) is 6.54 Å². The molecule has 0 radical (unpaired) electrons. The Balaban J connectivity index is 2.40. The van der Waals surface area contributed by atoms with Crippen molar-refractivity contribution in [2.45, 2.75) is 19.9 Å². The molecule has 1 aromatic heterocycles. The lowest BCUT2D eigenvalue weighted by molar-refractivity contribution is -0.141. The molecule has 0 aromatic carbocycles. The fourth-order valence-electron chi connectivity index (χ4n) is 1.34. The van der Waals surface area contributed by atoms with E-state index in [0.29, 0.717) is 19.5 Å². The van der Waals surface area contributed by atoms with E-state index in [2.05, 4.69) is 19.6 Å². The summed E-state index contributed by atoms with van der Waals surface area (Å²) in [6.07, 6.45) is 5.46. The minimum atomic E-state index is -0.183. The Bertz CT molecular complexity index is 316. The van der Waals surface area contributed by atoms with Crippen LogP contribution in [-0.4, -0.2) is 41.0 Å². The molecule has 0 aliphatic rings. The van der Waals surface area contributed by atoms with E-state index >= 15 is 0 Å². The van der Waals surface area contributed by atoms with Crippen LogP contribution < -0.4 is 0 Å². The molecule has 0 unspecified atom stereocenters. The van der Waals surface area contributed by atoms with Crippen LogP contribution in [0.4, 0.5) is 0 Å². The SMILES string of the molecule is CCN(CCC(=O)OC)Cc1cnccn1. The van der Waals surface area contributed by atoms with Crippen LogP contribution in [0.2, 0.25) is 0 Å². The van der Waals surface area contributed by atoms with Crippen molar-refractivity contribution in [2.24, 2.45) is 0 Å². The second-order valence-corrected chi connectivity index (χ2v) is 3.39. The maximum Gasteiger partial charge on any atom is 0.306 e. The Morgan fingerprint density at radius 2 is 2.31 bits per heavy atom. The van der Waals surface area contributed by atoms with E-state index in [-0.39, 0.29) is 5.97 Å². The summed E-state index contributed by atoms with van der Waals surface area (Å²) >= 11 is 0. The molecule has 16 heavy (non-hydrogen) atoms. The van der Waals surface area contributed by atoms with Crippen molar-refractivity contribution in [1.82, 2.24) is 14.9 Å². The molecule has 0 bridgehead atoms. The Hall–Kier alpha value is -1.49. The molecule has 0 fully saturated rings. The van der Waals surface area contributed by atoms with E-state index < -0.39 is 0 Å². The van der Waals surface area contributed by atoms with E-state index in [9.17, 15) is 4.79 Å². The summed E-state index contributed by atoms with van der Waals surface area (Å²) in [5.41, 5.74) is 0.911. The van der Waals surface area contributed by atoms with Crippen molar-refractivity contribution in [1.29, 1.82) is 0 Å². The molecular weight excluding hydrogens is 206 g/mol. The van der Waals surface area contributed by atoms with Gasteiger partial charge in [-0.15, -0.1) is 0 Å². The van der Waals surface area contributed by atoms with Gasteiger partial charge in [0, 0.05) is 31.7 Å². The maximum absolute atomic E-state index is 11.0. The first-order valence-corrected chi connectivity index (χ1v) is 5.30. The van der Waals surface area contributed by atoms with E-state index in [1.165, 1.54) is 7.11 Å². The summed E-state index contributed by atoms with van der Waals surface area (Å²) in [5, 5.41) is 0. The molecule has 0 saturated heterocycles. The zero-order chi connectivity index (χ0) is 11.8. The number of carbonyl (C=O) groups excluding carboxylic acids is 1. The highest BCUT2D eigenvalue weighted by Gasteiger charge is 2.07. The van der Waals surface area contributed by atoms with Gasteiger partial charge in [-0.1, -0.05) is 6.92 Å². The van der Waals surface area contributed by atoms with Gasteiger partial charge in [0.2, 0.25) is 0 Å². The number of esters is 1. The quantitative estimate of drug-likeness (QED) is 0.669. The van der Waals surface area contributed by atoms with Crippen molar-refractivity contribution in [3.63, 3.8) is 0 Å². The van der Waals surface area contributed by atoms with Crippen LogP contribution in [0.25, 0.3) is 0 Å². The van der Waals surface area contributed by atoms with E-state index in [1.807, 2.05) is 6.92 Å². The highest BCUT2D eigenvalue weighted by atomic mass is 16.5. The van der Waals surface area contributed by atoms with Crippen molar-refractivity contribution in [3.8, 4) is 0 Å². The lowest BCUT2D eigenvalue weighted by Gasteiger charge is -2.18. The average Bonchev–Trinajstić information content (AvgIpc) is 2.35. The second-order valence-electron chi connectivity index (χ2n) is 3.39. The standard InChI is InChI=1S/C11H17N3O2/c1-3-14(7-4-11(15)16-2)9-10-8-12-5-6-13-10/h5-6,8H,3-4,7,9H2,1-2H3. The van der Waals surface area contributed by atoms with Gasteiger partial charge in [-0.3, -0.25) is 19.7 Å². The minimum Gasteiger partial charge on any atom is -0.469 e. The summed E-state index contributed by atoms with van der Waals surface area (Å²) in [7, 11) is 1.40. The summed E-state index contributed by atoms with van der Waals surface area (Å²) in [4.78, 5) is 21.3. The van der Waals surface area contributed by atoms with Crippen LogP contribution in [-0.2, 0) is 16.1 Å². The molecule has 88 valence electrons. The van der Waals surface area contributed by atoms with E-state index in [0.717, 1.165) is 12.2 Å². The number of rotatable bonds is 6. The first-order chi connectivity index (χ1) is 7.76. The van der Waals surface area contributed by atoms with Crippen molar-refractivity contribution in [3.05, 3.63) is 24.3 Å². The highest BCUT2D eigenvalue weighted by molar-refractivity contribution is 5.69. The molecule has 5 nitrogen and oxygen atoms in total. The number of carbonyl (C=O) groups is 1. The lowest BCUT2D eigenvalue weighted by atomic mass is 10.3. The Labute approximate surface area is 95.5 Å². The largest absolute Gasteiger partial charge is 0.469 e. The number of hydrogen-bond acceptors (Lipinski definition) is 5. The fraction of sp³-hybridized carbons (Fsp3) is 0.545. The molecule has 0 spiro atoms. The molecule has 1 rings (SSSR count). The van der Waals surface area contributed by atoms with Gasteiger partial charge in [-0.25, -0.2) is 0 Å². The van der Waals surface area contributed by atoms with Crippen LogP contribution in [0.5, 0.6) is 0 Å². The summed E-state index contributed by atoms with van der Waals surface area (Å²) in [6, 6.07) is 0. The molecule has 0 aliphatic carbocycles. The number of aromatic nitrogens is 2. The average molecular weight is 223 g/mol. The predicted molar refractivity (Wildman–Crippen MR) is 59.6 cm³/mol. The second kappa shape index (κ2) is 6.90. The predicted octanol–water partition coefficient (Wildman–Crippen LogP) is 0.862. The van der Waals surface area contributed by atoms with Crippen LogP contribution in [0, 0.1) is 0 Å². The van der Waals surface area contributed by atoms with Crippen molar-refractivity contribution >= 4 is 5.97 Å². The first-order valence-electron chi connectivity index (χ1n) is 5.30. The van der Waals surface area contributed by atoms with Crippen molar-refractivity contribution in [2.75, 3.05) is 20.2 Å². The van der Waals surface area contributed by atoms with Gasteiger partial charge in [-0.2, -0.15) is 0 Å². The van der Waals surface area contributed by atoms with Gasteiger partial charge in [0.05, 0.1) is 19.2 Å². The topological polar surface area (TPSA) is 55.3 Å². The highest BCUT2D eigenvalue weighted by Crippen LogP contribution is 2.00. The van der Waals surface area contributed by atoms with E-state index in [4.69, 9.17) is 0 Å². The summed E-state index contributed by atoms with van der Waals surface area (Å²) in [6.45, 7) is 4.31. The molecule has 0 saturated carbocycles. The number of ether oxygens (including phenoxy) is 1. The molecule has 1 aromatic rings. The Kier molecular flexibility index (Phi) is 5.42. The molecule has 0 aliphatic heterocycles. The minimum absolute atomic E-state index is 0.183. The molecule has 1 heterocycles. The molecule has 0 N–H and O–H groups in total. The normalized spacial score (nSPS) is 10.4. The van der Waals surface area contributed by atoms with Crippen LogP contribution in [0.1, 0.15) is 19.0 Å². The third-order valence-electron chi connectivity index (χ3n) is 2.31. The third kappa shape index (κ3) is 4.35. The smallest absolute Gasteiger partial charge is 0.306 e. The fourth-order valence-corrected chi connectivity index (χ4v) is 1.34. The van der Waals surface area contributed by atoms with Gasteiger partial charge in [0.1, 0.15) is 0 Å². The molecule has 0 atom stereocenters. The molecule has 0 amide bonds. The number of nitrogens with zero attached hydrogens (tertiary/aromatic N) is 3. The van der Waals surface area contributed by atoms with Crippen LogP contribution in [0.15, 0.2) is 18.6 Å². The Morgan fingerprint density at radius 3 is 2.88 bits per heavy atom. The third-order valence-corrected chi connectivity index (χ3v) is 2.31. The first kappa shape index (κ1) is 12.6. The van der Waals surface area contributed by atoms with Gasteiger partial charge in [0.15, 0.2) is 0 Å². The zero-order valence-corrected chi connectivity index (χ0v) is 9.72. The van der Waals surface area contributed by atoms with Crippen molar-refractivity contribution < 1.29 is 9.53 Å². The van der Waals surface area contributed by atoms with Gasteiger partial charge in [0.25, 0.3) is 0 Å².